The number of nitrogens with zero attached hydrogens (tertiary/aromatic N) is 1. The molecule has 1 aliphatic rings. The number of benzene rings is 1. The number of hydrogen-bond donors (Lipinski definition) is 2. The maximum absolute atomic E-state index is 12.5. The molecule has 0 radical (unpaired) electrons. The molecule has 0 saturated carbocycles. The zero-order valence-corrected chi connectivity index (χ0v) is 15.0. The summed E-state index contributed by atoms with van der Waals surface area (Å²) >= 11 is 17.9. The van der Waals surface area contributed by atoms with Gasteiger partial charge in [-0.2, -0.15) is 0 Å². The Kier molecular flexibility index (Phi) is 5.87. The summed E-state index contributed by atoms with van der Waals surface area (Å²) in [4.78, 5) is 36.0. The number of primary amides is 1. The Morgan fingerprint density at radius 3 is 2.62 bits per heavy atom. The summed E-state index contributed by atoms with van der Waals surface area (Å²) in [5.74, 6) is -2.83. The van der Waals surface area contributed by atoms with Gasteiger partial charge in [0, 0.05) is 10.0 Å². The summed E-state index contributed by atoms with van der Waals surface area (Å²) in [7, 11) is 0. The number of rotatable bonds is 5. The van der Waals surface area contributed by atoms with Crippen LogP contribution in [0.4, 0.5) is 0 Å². The number of carboxylic acid groups (broad SMARTS) is 1. The van der Waals surface area contributed by atoms with Gasteiger partial charge in [0.1, 0.15) is 10.4 Å². The molecule has 0 bridgehead atoms. The van der Waals surface area contributed by atoms with Gasteiger partial charge in [-0.1, -0.05) is 53.2 Å². The molecule has 24 heavy (non-hydrogen) atoms. The summed E-state index contributed by atoms with van der Waals surface area (Å²) < 4.78 is 0.0324. The van der Waals surface area contributed by atoms with Crippen molar-refractivity contribution in [2.75, 3.05) is 0 Å². The molecule has 1 aromatic carbocycles. The molecule has 6 nitrogen and oxygen atoms in total. The van der Waals surface area contributed by atoms with E-state index in [2.05, 4.69) is 0 Å². The van der Waals surface area contributed by atoms with Crippen LogP contribution in [0.1, 0.15) is 12.0 Å². The molecule has 2 rings (SSSR count). The maximum Gasteiger partial charge on any atom is 0.327 e. The molecular weight excluding hydrogens is 395 g/mol. The monoisotopic (exact) mass is 404 g/mol. The highest BCUT2D eigenvalue weighted by Gasteiger charge is 2.41. The molecule has 1 aromatic rings. The van der Waals surface area contributed by atoms with Crippen molar-refractivity contribution in [3.8, 4) is 0 Å². The average molecular weight is 405 g/mol. The van der Waals surface area contributed by atoms with Crippen molar-refractivity contribution in [3.63, 3.8) is 0 Å². The lowest BCUT2D eigenvalue weighted by Gasteiger charge is -2.21. The molecule has 1 saturated heterocycles. The Morgan fingerprint density at radius 1 is 1.42 bits per heavy atom. The summed E-state index contributed by atoms with van der Waals surface area (Å²) in [5, 5.41) is 10.0. The highest BCUT2D eigenvalue weighted by Crippen LogP contribution is 2.36. The van der Waals surface area contributed by atoms with E-state index in [1.165, 1.54) is 12.1 Å². The van der Waals surface area contributed by atoms with Crippen molar-refractivity contribution < 1.29 is 19.5 Å². The normalized spacial score (nSPS) is 17.4. The molecule has 1 heterocycles. The van der Waals surface area contributed by atoms with Crippen LogP contribution < -0.4 is 5.73 Å². The Balaban J connectivity index is 2.35. The Bertz CT molecular complexity index is 782. The fourth-order valence-electron chi connectivity index (χ4n) is 1.99. The quantitative estimate of drug-likeness (QED) is 0.577. The average Bonchev–Trinajstić information content (AvgIpc) is 2.74. The third-order valence-electron chi connectivity index (χ3n) is 3.06. The van der Waals surface area contributed by atoms with Gasteiger partial charge in [0.25, 0.3) is 5.91 Å². The minimum Gasteiger partial charge on any atom is -0.480 e. The van der Waals surface area contributed by atoms with E-state index in [-0.39, 0.29) is 9.23 Å². The van der Waals surface area contributed by atoms with Crippen molar-refractivity contribution in [3.05, 3.63) is 38.7 Å². The molecule has 1 fully saturated rings. The van der Waals surface area contributed by atoms with Crippen LogP contribution >= 0.6 is 47.2 Å². The molecule has 0 aromatic heterocycles. The fourth-order valence-corrected chi connectivity index (χ4v) is 3.80. The number of hydrogen-bond acceptors (Lipinski definition) is 5. The molecular formula is C14H10Cl2N2O4S2. The lowest BCUT2D eigenvalue weighted by molar-refractivity contribution is -0.146. The third-order valence-corrected chi connectivity index (χ3v) is 4.96. The van der Waals surface area contributed by atoms with E-state index >= 15 is 0 Å². The number of amides is 2. The second-order valence-corrected chi connectivity index (χ2v) is 7.26. The van der Waals surface area contributed by atoms with Gasteiger partial charge < -0.3 is 10.8 Å². The first kappa shape index (κ1) is 18.7. The van der Waals surface area contributed by atoms with Crippen LogP contribution in [0, 0.1) is 0 Å². The van der Waals surface area contributed by atoms with Crippen LogP contribution in [0.15, 0.2) is 23.1 Å². The van der Waals surface area contributed by atoms with Gasteiger partial charge in [0.15, 0.2) is 0 Å². The summed E-state index contributed by atoms with van der Waals surface area (Å²) in [6.45, 7) is 0. The number of carboxylic acids is 1. The standard InChI is InChI=1S/C14H10Cl2N2O4S2/c15-7-2-1-6(8(16)4-7)3-10-12(20)18(14(23)24-10)9(13(21)22)5-11(17)19/h1-4,9H,5H2,(H2,17,19)(H,21,22). The Morgan fingerprint density at radius 2 is 2.08 bits per heavy atom. The topological polar surface area (TPSA) is 101 Å². The molecule has 10 heteroatoms. The van der Waals surface area contributed by atoms with Crippen LogP contribution in [-0.2, 0) is 14.4 Å². The van der Waals surface area contributed by atoms with Gasteiger partial charge in [-0.3, -0.25) is 14.5 Å². The number of thiocarbonyl (C=S) groups is 1. The lowest BCUT2D eigenvalue weighted by Crippen LogP contribution is -2.46. The summed E-state index contributed by atoms with van der Waals surface area (Å²) in [6, 6.07) is 3.30. The number of aliphatic carboxylic acids is 1. The second kappa shape index (κ2) is 7.52. The fraction of sp³-hybridized carbons (Fsp3) is 0.143. The van der Waals surface area contributed by atoms with Gasteiger partial charge in [-0.15, -0.1) is 0 Å². The van der Waals surface area contributed by atoms with Gasteiger partial charge >= 0.3 is 5.97 Å². The van der Waals surface area contributed by atoms with Crippen molar-refractivity contribution in [2.45, 2.75) is 12.5 Å². The van der Waals surface area contributed by atoms with Gasteiger partial charge in [-0.25, -0.2) is 4.79 Å². The summed E-state index contributed by atoms with van der Waals surface area (Å²) in [6.07, 6.45) is 0.956. The van der Waals surface area contributed by atoms with E-state index in [9.17, 15) is 19.5 Å². The minimum atomic E-state index is -1.44. The van der Waals surface area contributed by atoms with Gasteiger partial charge in [0.05, 0.1) is 11.3 Å². The van der Waals surface area contributed by atoms with Crippen LogP contribution in [-0.4, -0.2) is 38.2 Å². The third kappa shape index (κ3) is 4.07. The van der Waals surface area contributed by atoms with E-state index in [1.807, 2.05) is 0 Å². The molecule has 126 valence electrons. The summed E-state index contributed by atoms with van der Waals surface area (Å²) in [5.41, 5.74) is 5.58. The molecule has 2 amide bonds. The Hall–Kier alpha value is -1.61. The SMILES string of the molecule is NC(=O)CC(C(=O)O)N1C(=O)C(=Cc2ccc(Cl)cc2Cl)SC1=S. The first-order valence-electron chi connectivity index (χ1n) is 6.44. The first-order valence-corrected chi connectivity index (χ1v) is 8.42. The highest BCUT2D eigenvalue weighted by atomic mass is 35.5. The number of thioether (sulfide) groups is 1. The van der Waals surface area contributed by atoms with Gasteiger partial charge in [-0.05, 0) is 23.8 Å². The van der Waals surface area contributed by atoms with E-state index < -0.39 is 30.2 Å². The number of halogens is 2. The lowest BCUT2D eigenvalue weighted by atomic mass is 10.1. The predicted octanol–water partition coefficient (Wildman–Crippen LogP) is 2.52. The van der Waals surface area contributed by atoms with E-state index in [1.54, 1.807) is 12.1 Å². The molecule has 1 aliphatic heterocycles. The minimum absolute atomic E-state index is 0.0324. The molecule has 1 atom stereocenters. The van der Waals surface area contributed by atoms with Gasteiger partial charge in [0.2, 0.25) is 5.91 Å². The van der Waals surface area contributed by atoms with Crippen LogP contribution in [0.2, 0.25) is 10.0 Å². The van der Waals surface area contributed by atoms with Crippen molar-refractivity contribution >= 4 is 75.4 Å². The first-order chi connectivity index (χ1) is 11.2. The maximum atomic E-state index is 12.5. The van der Waals surface area contributed by atoms with Crippen LogP contribution in [0.5, 0.6) is 0 Å². The zero-order valence-electron chi connectivity index (χ0n) is 11.9. The second-order valence-electron chi connectivity index (χ2n) is 4.74. The largest absolute Gasteiger partial charge is 0.480 e. The van der Waals surface area contributed by atoms with E-state index in [0.717, 1.165) is 16.7 Å². The number of nitrogens with two attached hydrogens (primary N) is 1. The molecule has 0 aliphatic carbocycles. The number of carbonyl (C=O) groups excluding carboxylic acids is 2. The van der Waals surface area contributed by atoms with E-state index in [4.69, 9.17) is 41.2 Å². The van der Waals surface area contributed by atoms with Crippen LogP contribution in [0.3, 0.4) is 0 Å². The van der Waals surface area contributed by atoms with Crippen molar-refractivity contribution in [1.29, 1.82) is 0 Å². The Labute approximate surface area is 156 Å². The molecule has 1 unspecified atom stereocenters. The number of carbonyl (C=O) groups is 3. The van der Waals surface area contributed by atoms with Crippen LogP contribution in [0.25, 0.3) is 6.08 Å². The van der Waals surface area contributed by atoms with Crippen molar-refractivity contribution in [1.82, 2.24) is 4.90 Å². The van der Waals surface area contributed by atoms with Crippen molar-refractivity contribution in [2.24, 2.45) is 5.73 Å². The zero-order chi connectivity index (χ0) is 18.0. The molecule has 3 N–H and O–H groups in total. The highest BCUT2D eigenvalue weighted by molar-refractivity contribution is 8.26. The van der Waals surface area contributed by atoms with E-state index in [0.29, 0.717) is 15.6 Å². The smallest absolute Gasteiger partial charge is 0.327 e. The molecule has 0 spiro atoms. The predicted molar refractivity (Wildman–Crippen MR) is 96.7 cm³/mol.